The Bertz CT molecular complexity index is 1460. The summed E-state index contributed by atoms with van der Waals surface area (Å²) >= 11 is 3.49. The van der Waals surface area contributed by atoms with Gasteiger partial charge >= 0.3 is 0 Å². The number of amides is 1. The topological polar surface area (TPSA) is 82.6 Å². The molecule has 1 atom stereocenters. The number of carbonyl (C=O) groups is 2. The molecular formula is C28H23BrN2O4. The Hall–Kier alpha value is -3.84. The van der Waals surface area contributed by atoms with Crippen LogP contribution in [0.4, 0.5) is 0 Å². The zero-order chi connectivity index (χ0) is 24.5. The fourth-order valence-corrected chi connectivity index (χ4v) is 5.03. The van der Waals surface area contributed by atoms with Gasteiger partial charge in [0.2, 0.25) is 0 Å². The summed E-state index contributed by atoms with van der Waals surface area (Å²) < 4.78 is 6.02. The van der Waals surface area contributed by atoms with Gasteiger partial charge < -0.3 is 19.7 Å². The second-order valence-electron chi connectivity index (χ2n) is 8.39. The number of aromatic nitrogens is 1. The molecule has 6 nitrogen and oxygen atoms in total. The van der Waals surface area contributed by atoms with Crippen LogP contribution in [-0.2, 0) is 16.0 Å². The van der Waals surface area contributed by atoms with E-state index in [-0.39, 0.29) is 11.3 Å². The number of rotatable bonds is 6. The van der Waals surface area contributed by atoms with Gasteiger partial charge in [-0.3, -0.25) is 9.59 Å². The number of para-hydroxylation sites is 1. The number of benzene rings is 3. The van der Waals surface area contributed by atoms with E-state index in [9.17, 15) is 14.7 Å². The zero-order valence-electron chi connectivity index (χ0n) is 19.0. The number of halogens is 1. The number of aliphatic hydroxyl groups is 1. The van der Waals surface area contributed by atoms with E-state index in [1.807, 2.05) is 54.7 Å². The number of carbonyl (C=O) groups excluding carboxylic acids is 2. The Morgan fingerprint density at radius 3 is 2.57 bits per heavy atom. The number of hydrogen-bond acceptors (Lipinski definition) is 4. The van der Waals surface area contributed by atoms with Crippen molar-refractivity contribution in [3.8, 4) is 5.75 Å². The summed E-state index contributed by atoms with van der Waals surface area (Å²) in [5.74, 6) is -0.887. The molecule has 1 fully saturated rings. The Morgan fingerprint density at radius 1 is 1.06 bits per heavy atom. The van der Waals surface area contributed by atoms with Crippen LogP contribution in [0.25, 0.3) is 16.7 Å². The summed E-state index contributed by atoms with van der Waals surface area (Å²) in [5, 5.41) is 12.3. The molecule has 3 aromatic carbocycles. The van der Waals surface area contributed by atoms with Crippen molar-refractivity contribution >= 4 is 44.3 Å². The van der Waals surface area contributed by atoms with E-state index in [0.717, 1.165) is 26.5 Å². The van der Waals surface area contributed by atoms with Gasteiger partial charge in [-0.05, 0) is 60.0 Å². The number of likely N-dealkylation sites (tertiary alicyclic amines) is 1. The highest BCUT2D eigenvalue weighted by molar-refractivity contribution is 9.10. The van der Waals surface area contributed by atoms with Crippen LogP contribution >= 0.6 is 15.9 Å². The molecule has 0 spiro atoms. The van der Waals surface area contributed by atoms with Crippen LogP contribution in [0.15, 0.2) is 89.0 Å². The molecule has 35 heavy (non-hydrogen) atoms. The van der Waals surface area contributed by atoms with E-state index in [0.29, 0.717) is 24.3 Å². The van der Waals surface area contributed by atoms with Crippen molar-refractivity contribution in [2.24, 2.45) is 0 Å². The molecule has 2 heterocycles. The third-order valence-electron chi connectivity index (χ3n) is 6.36. The summed E-state index contributed by atoms with van der Waals surface area (Å²) in [6.45, 7) is 0.322. The molecule has 176 valence electrons. The van der Waals surface area contributed by atoms with E-state index in [1.165, 1.54) is 0 Å². The Balaban J connectivity index is 1.56. The molecule has 1 aliphatic heterocycles. The van der Waals surface area contributed by atoms with Crippen molar-refractivity contribution in [2.75, 3.05) is 13.7 Å². The van der Waals surface area contributed by atoms with E-state index >= 15 is 0 Å². The summed E-state index contributed by atoms with van der Waals surface area (Å²) in [6, 6.07) is 21.5. The van der Waals surface area contributed by atoms with E-state index < -0.39 is 17.7 Å². The molecule has 0 radical (unpaired) electrons. The minimum atomic E-state index is -0.709. The summed E-state index contributed by atoms with van der Waals surface area (Å²) in [5.41, 5.74) is 3.35. The number of ketones is 1. The van der Waals surface area contributed by atoms with E-state index in [4.69, 9.17) is 4.74 Å². The molecule has 0 bridgehead atoms. The maximum Gasteiger partial charge on any atom is 0.295 e. The monoisotopic (exact) mass is 530 g/mol. The number of H-pyrrole nitrogens is 1. The average molecular weight is 531 g/mol. The number of Topliss-reactive ketones (excluding diaryl/α,β-unsaturated/α-hetero) is 1. The first-order valence-corrected chi connectivity index (χ1v) is 12.0. The first-order chi connectivity index (χ1) is 17.0. The number of aliphatic hydroxyl groups excluding tert-OH is 1. The largest absolute Gasteiger partial charge is 0.507 e. The van der Waals surface area contributed by atoms with Crippen LogP contribution in [0.3, 0.4) is 0 Å². The van der Waals surface area contributed by atoms with E-state index in [2.05, 4.69) is 20.9 Å². The summed E-state index contributed by atoms with van der Waals surface area (Å²) in [4.78, 5) is 31.3. The van der Waals surface area contributed by atoms with Gasteiger partial charge in [0.1, 0.15) is 11.5 Å². The quantitative estimate of drug-likeness (QED) is 0.193. The highest BCUT2D eigenvalue weighted by Crippen LogP contribution is 2.40. The van der Waals surface area contributed by atoms with Crippen molar-refractivity contribution in [2.45, 2.75) is 12.5 Å². The molecule has 1 aliphatic rings. The van der Waals surface area contributed by atoms with Crippen molar-refractivity contribution in [3.63, 3.8) is 0 Å². The lowest BCUT2D eigenvalue weighted by atomic mass is 9.95. The van der Waals surface area contributed by atoms with Gasteiger partial charge in [-0.25, -0.2) is 0 Å². The predicted molar refractivity (Wildman–Crippen MR) is 138 cm³/mol. The lowest BCUT2D eigenvalue weighted by Gasteiger charge is -2.25. The van der Waals surface area contributed by atoms with Gasteiger partial charge in [-0.2, -0.15) is 0 Å². The summed E-state index contributed by atoms with van der Waals surface area (Å²) in [7, 11) is 1.56. The average Bonchev–Trinajstić information content (AvgIpc) is 3.40. The van der Waals surface area contributed by atoms with Crippen molar-refractivity contribution in [1.29, 1.82) is 0 Å². The highest BCUT2D eigenvalue weighted by Gasteiger charge is 2.45. The fraction of sp³-hybridized carbons (Fsp3) is 0.143. The van der Waals surface area contributed by atoms with Gasteiger partial charge in [0.05, 0.1) is 18.7 Å². The number of methoxy groups -OCH3 is 1. The smallest absolute Gasteiger partial charge is 0.295 e. The number of fused-ring (bicyclic) bond motifs is 1. The lowest BCUT2D eigenvalue weighted by molar-refractivity contribution is -0.139. The molecule has 1 amide bonds. The number of aromatic amines is 1. The third kappa shape index (κ3) is 4.23. The van der Waals surface area contributed by atoms with Crippen LogP contribution < -0.4 is 4.74 Å². The predicted octanol–water partition coefficient (Wildman–Crippen LogP) is 5.60. The summed E-state index contributed by atoms with van der Waals surface area (Å²) in [6.07, 6.45) is 2.50. The van der Waals surface area contributed by atoms with Gasteiger partial charge in [-0.1, -0.05) is 46.3 Å². The minimum Gasteiger partial charge on any atom is -0.507 e. The molecule has 4 aromatic rings. The standard InChI is InChI=1S/C28H23BrN2O4/c1-35-21-11-9-17(10-12-21)26(32)24-25(18-5-4-6-20(29)15-18)31(28(34)27(24)33)14-13-19-16-30-23-8-3-2-7-22(19)23/h2-12,15-16,25,30,32H,13-14H2,1H3/b26-24-. The van der Waals surface area contributed by atoms with Crippen LogP contribution in [0.1, 0.15) is 22.7 Å². The number of hydrogen-bond donors (Lipinski definition) is 2. The molecular weight excluding hydrogens is 508 g/mol. The van der Waals surface area contributed by atoms with Crippen LogP contribution in [0.2, 0.25) is 0 Å². The molecule has 2 N–H and O–H groups in total. The van der Waals surface area contributed by atoms with Crippen LogP contribution in [0, 0.1) is 0 Å². The minimum absolute atomic E-state index is 0.0807. The molecule has 1 saturated heterocycles. The molecule has 0 aliphatic carbocycles. The lowest BCUT2D eigenvalue weighted by Crippen LogP contribution is -2.31. The van der Waals surface area contributed by atoms with Gasteiger partial charge in [-0.15, -0.1) is 0 Å². The van der Waals surface area contributed by atoms with Crippen molar-refractivity contribution < 1.29 is 19.4 Å². The Morgan fingerprint density at radius 2 is 1.83 bits per heavy atom. The molecule has 0 saturated carbocycles. The first kappa shape index (κ1) is 22.9. The van der Waals surface area contributed by atoms with Crippen molar-refractivity contribution in [3.05, 3.63) is 106 Å². The van der Waals surface area contributed by atoms with Crippen LogP contribution in [0.5, 0.6) is 5.75 Å². The third-order valence-corrected chi connectivity index (χ3v) is 6.86. The normalized spacial score (nSPS) is 17.3. The molecule has 1 aromatic heterocycles. The fourth-order valence-electron chi connectivity index (χ4n) is 4.62. The maximum absolute atomic E-state index is 13.2. The van der Waals surface area contributed by atoms with Crippen LogP contribution in [-0.4, -0.2) is 40.3 Å². The molecule has 1 unspecified atom stereocenters. The van der Waals surface area contributed by atoms with Gasteiger partial charge in [0, 0.05) is 33.7 Å². The number of nitrogens with one attached hydrogen (secondary N) is 1. The highest BCUT2D eigenvalue weighted by atomic mass is 79.9. The van der Waals surface area contributed by atoms with E-state index in [1.54, 1.807) is 36.3 Å². The SMILES string of the molecule is COc1ccc(/C(O)=C2/C(=O)C(=O)N(CCc3c[nH]c4ccccc34)C2c2cccc(Br)c2)cc1. The maximum atomic E-state index is 13.2. The molecule has 5 rings (SSSR count). The zero-order valence-corrected chi connectivity index (χ0v) is 20.6. The van der Waals surface area contributed by atoms with Gasteiger partial charge in [0.25, 0.3) is 11.7 Å². The van der Waals surface area contributed by atoms with Crippen molar-refractivity contribution in [1.82, 2.24) is 9.88 Å². The first-order valence-electron chi connectivity index (χ1n) is 11.2. The number of ether oxygens (including phenoxy) is 1. The Labute approximate surface area is 211 Å². The second kappa shape index (κ2) is 9.43. The molecule has 7 heteroatoms. The number of nitrogens with zero attached hydrogens (tertiary/aromatic N) is 1. The second-order valence-corrected chi connectivity index (χ2v) is 9.30. The Kier molecular flexibility index (Phi) is 6.17. The van der Waals surface area contributed by atoms with Gasteiger partial charge in [0.15, 0.2) is 0 Å².